The zero-order valence-corrected chi connectivity index (χ0v) is 18.5. The fourth-order valence-electron chi connectivity index (χ4n) is 3.82. The molecule has 7 heteroatoms. The summed E-state index contributed by atoms with van der Waals surface area (Å²) in [5.74, 6) is 0.453. The van der Waals surface area contributed by atoms with Gasteiger partial charge >= 0.3 is 7.82 Å². The minimum absolute atomic E-state index is 0.146. The molecule has 0 bridgehead atoms. The van der Waals surface area contributed by atoms with E-state index in [1.807, 2.05) is 32.0 Å². The third kappa shape index (κ3) is 5.17. The van der Waals surface area contributed by atoms with Crippen molar-refractivity contribution in [2.75, 3.05) is 0 Å². The van der Waals surface area contributed by atoms with E-state index >= 15 is 0 Å². The van der Waals surface area contributed by atoms with Crippen molar-refractivity contribution >= 4 is 19.6 Å². The van der Waals surface area contributed by atoms with Crippen molar-refractivity contribution in [2.24, 2.45) is 11.8 Å². The van der Waals surface area contributed by atoms with Crippen LogP contribution in [0.25, 0.3) is 0 Å². The summed E-state index contributed by atoms with van der Waals surface area (Å²) in [6.07, 6.45) is 1.11. The van der Waals surface area contributed by atoms with Gasteiger partial charge in [0.05, 0.1) is 18.3 Å². The van der Waals surface area contributed by atoms with Crippen molar-refractivity contribution < 1.29 is 22.9 Å². The molecule has 0 spiro atoms. The molecule has 0 saturated carbocycles. The summed E-state index contributed by atoms with van der Waals surface area (Å²) >= 11 is 1.61. The van der Waals surface area contributed by atoms with Crippen molar-refractivity contribution in [3.63, 3.8) is 0 Å². The van der Waals surface area contributed by atoms with Gasteiger partial charge in [0.25, 0.3) is 0 Å². The van der Waals surface area contributed by atoms with Crippen LogP contribution in [0.3, 0.4) is 0 Å². The van der Waals surface area contributed by atoms with E-state index in [9.17, 15) is 4.57 Å². The molecule has 1 aromatic carbocycles. The maximum absolute atomic E-state index is 13.2. The smallest absolute Gasteiger partial charge is 0.361 e. The van der Waals surface area contributed by atoms with Gasteiger partial charge < -0.3 is 4.74 Å². The van der Waals surface area contributed by atoms with E-state index in [1.54, 1.807) is 11.8 Å². The van der Waals surface area contributed by atoms with Crippen LogP contribution in [0.1, 0.15) is 47.5 Å². The van der Waals surface area contributed by atoms with Gasteiger partial charge in [-0.15, -0.1) is 0 Å². The molecule has 5 nitrogen and oxygen atoms in total. The number of ether oxygens (including phenoxy) is 1. The molecule has 152 valence electrons. The topological polar surface area (TPSA) is 54.0 Å². The van der Waals surface area contributed by atoms with Gasteiger partial charge in [-0.2, -0.15) is 0 Å². The predicted molar refractivity (Wildman–Crippen MR) is 108 cm³/mol. The van der Waals surface area contributed by atoms with Gasteiger partial charge in [0.1, 0.15) is 11.5 Å². The van der Waals surface area contributed by atoms with Crippen molar-refractivity contribution in [2.45, 2.75) is 82.2 Å². The SMILES string of the molecule is CCC1OC(Sc2ccccc2)C(OP2(=O)O[C@H](C)C[C@@H](C)O2)C(C)C1C. The van der Waals surface area contributed by atoms with E-state index in [0.717, 1.165) is 11.3 Å². The van der Waals surface area contributed by atoms with Crippen LogP contribution in [-0.4, -0.2) is 29.9 Å². The Balaban J connectivity index is 1.82. The van der Waals surface area contributed by atoms with Crippen LogP contribution in [0, 0.1) is 11.8 Å². The summed E-state index contributed by atoms with van der Waals surface area (Å²) < 4.78 is 36.9. The normalized spacial score (nSPS) is 42.8. The Hall–Kier alpha value is -0.360. The third-order valence-corrected chi connectivity index (χ3v) is 8.34. The second-order valence-corrected chi connectivity index (χ2v) is 10.4. The van der Waals surface area contributed by atoms with Gasteiger partial charge in [0.2, 0.25) is 0 Å². The Morgan fingerprint density at radius 3 is 2.30 bits per heavy atom. The molecular formula is C20H31O5PS. The minimum Gasteiger partial charge on any atom is -0.361 e. The third-order valence-electron chi connectivity index (χ3n) is 5.44. The summed E-state index contributed by atoms with van der Waals surface area (Å²) in [6, 6.07) is 10.1. The zero-order valence-electron chi connectivity index (χ0n) is 16.7. The lowest BCUT2D eigenvalue weighted by Crippen LogP contribution is -2.48. The molecule has 1 aromatic rings. The highest BCUT2D eigenvalue weighted by Crippen LogP contribution is 2.58. The predicted octanol–water partition coefficient (Wildman–Crippen LogP) is 5.89. The van der Waals surface area contributed by atoms with E-state index in [4.69, 9.17) is 18.3 Å². The summed E-state index contributed by atoms with van der Waals surface area (Å²) in [7, 11) is -3.62. The second-order valence-electron chi connectivity index (χ2n) is 7.69. The Kier molecular flexibility index (Phi) is 7.10. The number of hydrogen-bond acceptors (Lipinski definition) is 6. The molecule has 2 fully saturated rings. The molecule has 0 amide bonds. The van der Waals surface area contributed by atoms with E-state index in [1.165, 1.54) is 0 Å². The average molecular weight is 415 g/mol. The minimum atomic E-state index is -3.62. The van der Waals surface area contributed by atoms with Crippen molar-refractivity contribution in [1.29, 1.82) is 0 Å². The number of benzene rings is 1. The molecule has 7 atom stereocenters. The van der Waals surface area contributed by atoms with Crippen LogP contribution in [0.15, 0.2) is 35.2 Å². The Morgan fingerprint density at radius 2 is 1.70 bits per heavy atom. The van der Waals surface area contributed by atoms with Crippen LogP contribution >= 0.6 is 19.6 Å². The molecule has 2 aliphatic heterocycles. The summed E-state index contributed by atoms with van der Waals surface area (Å²) in [6.45, 7) is 10.3. The van der Waals surface area contributed by atoms with Gasteiger partial charge in [0, 0.05) is 11.3 Å². The zero-order chi connectivity index (χ0) is 19.6. The lowest BCUT2D eigenvalue weighted by molar-refractivity contribution is -0.137. The highest BCUT2D eigenvalue weighted by molar-refractivity contribution is 7.99. The molecule has 2 heterocycles. The molecule has 3 rings (SSSR count). The first-order valence-electron chi connectivity index (χ1n) is 9.83. The van der Waals surface area contributed by atoms with Crippen LogP contribution in [-0.2, 0) is 22.9 Å². The molecule has 0 N–H and O–H groups in total. The number of phosphoric ester groups is 1. The molecule has 0 radical (unpaired) electrons. The van der Waals surface area contributed by atoms with Crippen molar-refractivity contribution in [3.8, 4) is 0 Å². The lowest BCUT2D eigenvalue weighted by Gasteiger charge is -2.45. The molecule has 2 saturated heterocycles. The molecule has 0 aromatic heterocycles. The quantitative estimate of drug-likeness (QED) is 0.560. The molecule has 0 aliphatic carbocycles. The highest BCUT2D eigenvalue weighted by Gasteiger charge is 2.48. The maximum Gasteiger partial charge on any atom is 0.475 e. The van der Waals surface area contributed by atoms with Crippen LogP contribution < -0.4 is 0 Å². The number of rotatable bonds is 5. The fraction of sp³-hybridized carbons (Fsp3) is 0.700. The maximum atomic E-state index is 13.2. The van der Waals surface area contributed by atoms with Gasteiger partial charge in [-0.3, -0.25) is 13.6 Å². The first kappa shape index (κ1) is 21.4. The number of hydrogen-bond donors (Lipinski definition) is 0. The molecule has 27 heavy (non-hydrogen) atoms. The van der Waals surface area contributed by atoms with E-state index in [0.29, 0.717) is 12.3 Å². The standard InChI is InChI=1S/C20H31O5PS/c1-6-18-15(4)16(5)19(20(22-18)27-17-10-8-7-9-11-17)25-26(21)23-13(2)12-14(3)24-26/h7-11,13-16,18-20H,6,12H2,1-5H3/t13-,14-,15?,16?,18?,19?,20?/m1/s1. The first-order chi connectivity index (χ1) is 12.8. The summed E-state index contributed by atoms with van der Waals surface area (Å²) in [5.41, 5.74) is -0.269. The van der Waals surface area contributed by atoms with Crippen LogP contribution in [0.4, 0.5) is 0 Å². The van der Waals surface area contributed by atoms with Gasteiger partial charge in [-0.05, 0) is 44.2 Å². The number of thioether (sulfide) groups is 1. The summed E-state index contributed by atoms with van der Waals surface area (Å²) in [5, 5.41) is 0. The van der Waals surface area contributed by atoms with Crippen LogP contribution in [0.2, 0.25) is 0 Å². The molecule has 2 aliphatic rings. The largest absolute Gasteiger partial charge is 0.475 e. The van der Waals surface area contributed by atoms with Crippen molar-refractivity contribution in [3.05, 3.63) is 30.3 Å². The molecule has 5 unspecified atom stereocenters. The Bertz CT molecular complexity index is 643. The van der Waals surface area contributed by atoms with E-state index in [-0.39, 0.29) is 35.8 Å². The van der Waals surface area contributed by atoms with E-state index in [2.05, 4.69) is 32.9 Å². The van der Waals surface area contributed by atoms with E-state index < -0.39 is 7.82 Å². The Labute approximate surface area is 167 Å². The lowest BCUT2D eigenvalue weighted by atomic mass is 9.83. The van der Waals surface area contributed by atoms with Crippen LogP contribution in [0.5, 0.6) is 0 Å². The van der Waals surface area contributed by atoms with Gasteiger partial charge in [0.15, 0.2) is 0 Å². The van der Waals surface area contributed by atoms with Crippen molar-refractivity contribution in [1.82, 2.24) is 0 Å². The highest BCUT2D eigenvalue weighted by atomic mass is 32.2. The Morgan fingerprint density at radius 1 is 1.07 bits per heavy atom. The average Bonchev–Trinajstić information content (AvgIpc) is 2.61. The monoisotopic (exact) mass is 414 g/mol. The second kappa shape index (κ2) is 8.98. The molecular weight excluding hydrogens is 383 g/mol. The summed E-state index contributed by atoms with van der Waals surface area (Å²) in [4.78, 5) is 1.10. The fourth-order valence-corrected chi connectivity index (χ4v) is 6.92. The first-order valence-corrected chi connectivity index (χ1v) is 12.2. The number of phosphoric acid groups is 1. The van der Waals surface area contributed by atoms with Gasteiger partial charge in [-0.25, -0.2) is 4.57 Å². The van der Waals surface area contributed by atoms with Gasteiger partial charge in [-0.1, -0.05) is 50.7 Å².